The van der Waals surface area contributed by atoms with Crippen LogP contribution in [0.2, 0.25) is 0 Å². The van der Waals surface area contributed by atoms with Crippen LogP contribution >= 0.6 is 11.8 Å². The van der Waals surface area contributed by atoms with Crippen molar-refractivity contribution in [3.63, 3.8) is 0 Å². The maximum Gasteiger partial charge on any atom is 0.160 e. The zero-order valence-electron chi connectivity index (χ0n) is 10.4. The van der Waals surface area contributed by atoms with Crippen LogP contribution in [0.25, 0.3) is 5.65 Å². The van der Waals surface area contributed by atoms with E-state index in [2.05, 4.69) is 31.7 Å². The lowest BCUT2D eigenvalue weighted by Crippen LogP contribution is -2.25. The minimum absolute atomic E-state index is 0.866. The molecule has 1 atom stereocenters. The van der Waals surface area contributed by atoms with Gasteiger partial charge in [0.15, 0.2) is 5.65 Å². The second-order valence-corrected chi connectivity index (χ2v) is 5.88. The van der Waals surface area contributed by atoms with Gasteiger partial charge in [0.25, 0.3) is 0 Å². The lowest BCUT2D eigenvalue weighted by molar-refractivity contribution is 0.522. The Kier molecular flexibility index (Phi) is 3.81. The van der Waals surface area contributed by atoms with E-state index in [0.29, 0.717) is 0 Å². The molecule has 1 fully saturated rings. The summed E-state index contributed by atoms with van der Waals surface area (Å²) in [6.45, 7) is 2.13. The number of hydrogen-bond acceptors (Lipinski definition) is 4. The quantitative estimate of drug-likeness (QED) is 0.831. The highest BCUT2D eigenvalue weighted by molar-refractivity contribution is 7.99. The van der Waals surface area contributed by atoms with Gasteiger partial charge in [-0.2, -0.15) is 11.8 Å². The zero-order chi connectivity index (χ0) is 12.2. The molecule has 0 bridgehead atoms. The predicted octanol–water partition coefficient (Wildman–Crippen LogP) is 1.61. The topological polar surface area (TPSA) is 42.2 Å². The van der Waals surface area contributed by atoms with E-state index in [0.717, 1.165) is 36.9 Å². The summed E-state index contributed by atoms with van der Waals surface area (Å²) in [4.78, 5) is 0. The third kappa shape index (κ3) is 2.67. The van der Waals surface area contributed by atoms with Gasteiger partial charge in [-0.25, -0.2) is 0 Å². The Balaban J connectivity index is 1.50. The highest BCUT2D eigenvalue weighted by Crippen LogP contribution is 2.22. The van der Waals surface area contributed by atoms with Crippen molar-refractivity contribution in [2.75, 3.05) is 24.6 Å². The van der Waals surface area contributed by atoms with Crippen LogP contribution in [0, 0.1) is 5.92 Å². The van der Waals surface area contributed by atoms with Crippen LogP contribution in [0.3, 0.4) is 0 Å². The summed E-state index contributed by atoms with van der Waals surface area (Å²) in [5.41, 5.74) is 0.930. The van der Waals surface area contributed by atoms with Crippen LogP contribution in [-0.4, -0.2) is 39.2 Å². The number of thioether (sulfide) groups is 1. The van der Waals surface area contributed by atoms with Gasteiger partial charge in [-0.15, -0.1) is 10.2 Å². The minimum Gasteiger partial charge on any atom is -0.316 e. The first-order chi connectivity index (χ1) is 8.93. The summed E-state index contributed by atoms with van der Waals surface area (Å²) in [6, 6.07) is 5.99. The molecule has 0 saturated carbocycles. The van der Waals surface area contributed by atoms with Gasteiger partial charge in [0.2, 0.25) is 0 Å². The number of pyridine rings is 1. The molecule has 0 aromatic carbocycles. The van der Waals surface area contributed by atoms with Crippen molar-refractivity contribution in [1.82, 2.24) is 19.9 Å². The average Bonchev–Trinajstić information content (AvgIpc) is 3.04. The van der Waals surface area contributed by atoms with E-state index in [1.807, 2.05) is 24.4 Å². The molecule has 18 heavy (non-hydrogen) atoms. The highest BCUT2D eigenvalue weighted by atomic mass is 32.2. The van der Waals surface area contributed by atoms with Crippen molar-refractivity contribution in [3.05, 3.63) is 30.2 Å². The maximum atomic E-state index is 4.23. The van der Waals surface area contributed by atoms with Crippen LogP contribution in [0.5, 0.6) is 0 Å². The van der Waals surface area contributed by atoms with Gasteiger partial charge in [0, 0.05) is 19.2 Å². The summed E-state index contributed by atoms with van der Waals surface area (Å²) in [7, 11) is 0. The van der Waals surface area contributed by atoms with Crippen LogP contribution in [-0.2, 0) is 6.42 Å². The number of rotatable bonds is 5. The summed E-state index contributed by atoms with van der Waals surface area (Å²) < 4.78 is 2.06. The van der Waals surface area contributed by atoms with E-state index in [4.69, 9.17) is 0 Å². The largest absolute Gasteiger partial charge is 0.316 e. The molecule has 1 aliphatic rings. The second-order valence-electron chi connectivity index (χ2n) is 4.73. The third-order valence-corrected chi connectivity index (χ3v) is 4.60. The Labute approximate surface area is 111 Å². The molecule has 4 nitrogen and oxygen atoms in total. The molecule has 2 aromatic rings. The Bertz CT molecular complexity index is 504. The molecular weight excluding hydrogens is 244 g/mol. The fourth-order valence-electron chi connectivity index (χ4n) is 2.31. The second kappa shape index (κ2) is 5.71. The lowest BCUT2D eigenvalue weighted by atomic mass is 10.1. The molecule has 0 radical (unpaired) electrons. The Morgan fingerprint density at radius 2 is 2.39 bits per heavy atom. The molecule has 0 aliphatic carbocycles. The standard InChI is InChI=1S/C13H18N4S/c1-2-7-17-12(3-1)15-16-13(17)4-6-14-9-11-5-8-18-10-11/h1-3,7,11,14H,4-6,8-10H2. The summed E-state index contributed by atoms with van der Waals surface area (Å²) >= 11 is 2.07. The van der Waals surface area contributed by atoms with E-state index in [9.17, 15) is 0 Å². The summed E-state index contributed by atoms with van der Waals surface area (Å²) in [5.74, 6) is 4.56. The van der Waals surface area contributed by atoms with Gasteiger partial charge in [0.1, 0.15) is 5.82 Å². The van der Waals surface area contributed by atoms with Gasteiger partial charge in [-0.1, -0.05) is 6.07 Å². The van der Waals surface area contributed by atoms with Gasteiger partial charge in [0.05, 0.1) is 0 Å². The maximum absolute atomic E-state index is 4.23. The lowest BCUT2D eigenvalue weighted by Gasteiger charge is -2.09. The first-order valence-electron chi connectivity index (χ1n) is 6.50. The van der Waals surface area contributed by atoms with Crippen LogP contribution in [0.1, 0.15) is 12.2 Å². The molecule has 1 aliphatic heterocycles. The van der Waals surface area contributed by atoms with E-state index < -0.39 is 0 Å². The molecule has 1 unspecified atom stereocenters. The third-order valence-electron chi connectivity index (χ3n) is 3.37. The number of nitrogens with zero attached hydrogens (tertiary/aromatic N) is 3. The number of aromatic nitrogens is 3. The number of fused-ring (bicyclic) bond motifs is 1. The summed E-state index contributed by atoms with van der Waals surface area (Å²) in [6.07, 6.45) is 4.33. The van der Waals surface area contributed by atoms with Crippen LogP contribution in [0.15, 0.2) is 24.4 Å². The molecule has 1 saturated heterocycles. The van der Waals surface area contributed by atoms with Crippen LogP contribution < -0.4 is 5.32 Å². The molecule has 96 valence electrons. The minimum atomic E-state index is 0.866. The molecule has 3 heterocycles. The molecular formula is C13H18N4S. The first-order valence-corrected chi connectivity index (χ1v) is 7.66. The van der Waals surface area contributed by atoms with E-state index in [1.54, 1.807) is 0 Å². The van der Waals surface area contributed by atoms with E-state index in [-0.39, 0.29) is 0 Å². The number of nitrogens with one attached hydrogen (secondary N) is 1. The smallest absolute Gasteiger partial charge is 0.160 e. The van der Waals surface area contributed by atoms with Crippen LogP contribution in [0.4, 0.5) is 0 Å². The number of hydrogen-bond donors (Lipinski definition) is 1. The monoisotopic (exact) mass is 262 g/mol. The van der Waals surface area contributed by atoms with Crippen molar-refractivity contribution < 1.29 is 0 Å². The van der Waals surface area contributed by atoms with Gasteiger partial charge < -0.3 is 5.32 Å². The Hall–Kier alpha value is -1.07. The summed E-state index contributed by atoms with van der Waals surface area (Å²) in [5, 5.41) is 11.9. The fraction of sp³-hybridized carbons (Fsp3) is 0.538. The molecule has 0 spiro atoms. The molecule has 2 aromatic heterocycles. The molecule has 1 N–H and O–H groups in total. The first kappa shape index (κ1) is 12.0. The van der Waals surface area contributed by atoms with E-state index in [1.165, 1.54) is 17.9 Å². The average molecular weight is 262 g/mol. The highest BCUT2D eigenvalue weighted by Gasteiger charge is 2.14. The Morgan fingerprint density at radius 1 is 1.39 bits per heavy atom. The molecule has 3 rings (SSSR count). The normalized spacial score (nSPS) is 19.7. The van der Waals surface area contributed by atoms with Crippen molar-refractivity contribution in [2.24, 2.45) is 5.92 Å². The SMILES string of the molecule is c1ccn2c(CCNCC3CCSC3)nnc2c1. The fourth-order valence-corrected chi connectivity index (χ4v) is 3.60. The molecule has 0 amide bonds. The van der Waals surface area contributed by atoms with Crippen molar-refractivity contribution >= 4 is 17.4 Å². The predicted molar refractivity (Wildman–Crippen MR) is 75.0 cm³/mol. The molecule has 5 heteroatoms. The Morgan fingerprint density at radius 3 is 3.28 bits per heavy atom. The van der Waals surface area contributed by atoms with Gasteiger partial charge >= 0.3 is 0 Å². The zero-order valence-corrected chi connectivity index (χ0v) is 11.2. The van der Waals surface area contributed by atoms with Crippen molar-refractivity contribution in [2.45, 2.75) is 12.8 Å². The van der Waals surface area contributed by atoms with Gasteiger partial charge in [-0.3, -0.25) is 4.40 Å². The van der Waals surface area contributed by atoms with E-state index >= 15 is 0 Å². The van der Waals surface area contributed by atoms with Crippen molar-refractivity contribution in [3.8, 4) is 0 Å². The van der Waals surface area contributed by atoms with Crippen molar-refractivity contribution in [1.29, 1.82) is 0 Å². The van der Waals surface area contributed by atoms with Gasteiger partial charge in [-0.05, 0) is 42.5 Å².